The molecule has 1 aromatic heterocycles. The lowest BCUT2D eigenvalue weighted by atomic mass is 9.86. The van der Waals surface area contributed by atoms with Crippen molar-refractivity contribution in [1.29, 1.82) is 0 Å². The Bertz CT molecular complexity index is 1150. The highest BCUT2D eigenvalue weighted by Gasteiger charge is 2.40. The smallest absolute Gasteiger partial charge is 0.254 e. The van der Waals surface area contributed by atoms with Crippen LogP contribution in [-0.2, 0) is 11.8 Å². The second kappa shape index (κ2) is 7.06. The molecule has 1 saturated heterocycles. The quantitative estimate of drug-likeness (QED) is 0.675. The third-order valence-corrected chi connectivity index (χ3v) is 5.87. The first kappa shape index (κ1) is 18.5. The first-order valence-electron chi connectivity index (χ1n) is 10.00. The van der Waals surface area contributed by atoms with Crippen LogP contribution in [0.4, 0.5) is 0 Å². The van der Waals surface area contributed by atoms with E-state index in [-0.39, 0.29) is 17.6 Å². The van der Waals surface area contributed by atoms with Crippen molar-refractivity contribution in [3.8, 4) is 17.2 Å². The predicted octanol–water partition coefficient (Wildman–Crippen LogP) is 3.22. The summed E-state index contributed by atoms with van der Waals surface area (Å²) in [5, 5.41) is 0. The number of carbonyl (C=O) groups excluding carboxylic acids is 1. The Hall–Kier alpha value is -3.54. The summed E-state index contributed by atoms with van der Waals surface area (Å²) < 4.78 is 13.5. The van der Waals surface area contributed by atoms with Crippen LogP contribution in [0.25, 0.3) is 0 Å². The minimum atomic E-state index is -0.390. The van der Waals surface area contributed by atoms with Gasteiger partial charge in [0.1, 0.15) is 23.4 Å². The number of para-hydroxylation sites is 2. The fourth-order valence-corrected chi connectivity index (χ4v) is 4.05. The second-order valence-electron chi connectivity index (χ2n) is 7.82. The molecule has 0 radical (unpaired) electrons. The monoisotopic (exact) mass is 402 g/mol. The van der Waals surface area contributed by atoms with Gasteiger partial charge in [0.2, 0.25) is 5.91 Å². The molecule has 3 aromatic rings. The molecule has 0 bridgehead atoms. The van der Waals surface area contributed by atoms with Gasteiger partial charge in [-0.3, -0.25) is 9.59 Å². The molecule has 0 saturated carbocycles. The van der Waals surface area contributed by atoms with Crippen molar-refractivity contribution >= 4 is 5.91 Å². The number of aryl methyl sites for hydroxylation is 1. The number of nitrogens with zero attached hydrogens (tertiary/aromatic N) is 2. The minimum Gasteiger partial charge on any atom is -0.486 e. The number of benzene rings is 2. The molecule has 2 aliphatic rings. The van der Waals surface area contributed by atoms with E-state index in [0.717, 1.165) is 28.3 Å². The number of hydrogen-bond acceptors (Lipinski definition) is 4. The van der Waals surface area contributed by atoms with Gasteiger partial charge in [0.15, 0.2) is 0 Å². The molecule has 1 amide bonds. The van der Waals surface area contributed by atoms with E-state index in [1.807, 2.05) is 66.4 Å². The van der Waals surface area contributed by atoms with Gasteiger partial charge in [0, 0.05) is 29.9 Å². The summed E-state index contributed by atoms with van der Waals surface area (Å²) in [5.74, 6) is 1.64. The van der Waals surface area contributed by atoms with Crippen molar-refractivity contribution in [3.63, 3.8) is 0 Å². The first-order chi connectivity index (χ1) is 14.5. The van der Waals surface area contributed by atoms with Crippen LogP contribution < -0.4 is 15.0 Å². The SMILES string of the molecule is Cc1cc(OC2CN(C(=O)C3c4ccccc4Oc4ccccc43)C2)cc(=O)n1C. The van der Waals surface area contributed by atoms with Gasteiger partial charge in [-0.25, -0.2) is 0 Å². The van der Waals surface area contributed by atoms with Crippen molar-refractivity contribution in [2.24, 2.45) is 7.05 Å². The zero-order valence-corrected chi connectivity index (χ0v) is 16.9. The summed E-state index contributed by atoms with van der Waals surface area (Å²) >= 11 is 0. The van der Waals surface area contributed by atoms with Crippen LogP contribution in [0.1, 0.15) is 22.7 Å². The average molecular weight is 402 g/mol. The van der Waals surface area contributed by atoms with Gasteiger partial charge < -0.3 is 18.9 Å². The van der Waals surface area contributed by atoms with Crippen LogP contribution in [0.15, 0.2) is 65.5 Å². The second-order valence-corrected chi connectivity index (χ2v) is 7.82. The number of likely N-dealkylation sites (tertiary alicyclic amines) is 1. The van der Waals surface area contributed by atoms with Crippen LogP contribution in [0, 0.1) is 6.92 Å². The van der Waals surface area contributed by atoms with Crippen LogP contribution in [0.2, 0.25) is 0 Å². The summed E-state index contributed by atoms with van der Waals surface area (Å²) in [7, 11) is 1.73. The normalized spacial score (nSPS) is 15.6. The Kier molecular flexibility index (Phi) is 4.35. The maximum Gasteiger partial charge on any atom is 0.254 e. The van der Waals surface area contributed by atoms with E-state index in [4.69, 9.17) is 9.47 Å². The molecule has 1 fully saturated rings. The Morgan fingerprint density at radius 3 is 2.20 bits per heavy atom. The molecule has 2 aromatic carbocycles. The van der Waals surface area contributed by atoms with Gasteiger partial charge in [0.05, 0.1) is 19.0 Å². The highest BCUT2D eigenvalue weighted by atomic mass is 16.5. The lowest BCUT2D eigenvalue weighted by Gasteiger charge is -2.41. The van der Waals surface area contributed by atoms with Crippen LogP contribution >= 0.6 is 0 Å². The topological polar surface area (TPSA) is 60.8 Å². The van der Waals surface area contributed by atoms with E-state index in [1.54, 1.807) is 11.6 Å². The maximum absolute atomic E-state index is 13.4. The van der Waals surface area contributed by atoms with E-state index in [2.05, 4.69) is 0 Å². The van der Waals surface area contributed by atoms with E-state index >= 15 is 0 Å². The van der Waals surface area contributed by atoms with Crippen molar-refractivity contribution < 1.29 is 14.3 Å². The van der Waals surface area contributed by atoms with Crippen LogP contribution in [0.5, 0.6) is 17.2 Å². The summed E-state index contributed by atoms with van der Waals surface area (Å²) in [6, 6.07) is 18.7. The molecule has 6 nitrogen and oxygen atoms in total. The predicted molar refractivity (Wildman–Crippen MR) is 112 cm³/mol. The van der Waals surface area contributed by atoms with Gasteiger partial charge in [0.25, 0.3) is 5.56 Å². The number of fused-ring (bicyclic) bond motifs is 2. The van der Waals surface area contributed by atoms with Gasteiger partial charge in [-0.05, 0) is 25.1 Å². The summed E-state index contributed by atoms with van der Waals surface area (Å²) in [5.41, 5.74) is 2.49. The molecule has 152 valence electrons. The maximum atomic E-state index is 13.4. The standard InChI is InChI=1S/C24H22N2O4/c1-15-11-16(12-22(27)25(15)2)29-17-13-26(14-17)24(28)23-18-7-3-5-9-20(18)30-21-10-6-4-8-19(21)23/h3-12,17,23H,13-14H2,1-2H3. The molecule has 3 heterocycles. The van der Waals surface area contributed by atoms with E-state index in [1.165, 1.54) is 6.07 Å². The highest BCUT2D eigenvalue weighted by Crippen LogP contribution is 2.45. The molecule has 0 aliphatic carbocycles. The molecular weight excluding hydrogens is 380 g/mol. The summed E-state index contributed by atoms with van der Waals surface area (Å²) in [6.07, 6.45) is -0.120. The van der Waals surface area contributed by atoms with Gasteiger partial charge in [-0.15, -0.1) is 0 Å². The zero-order valence-electron chi connectivity index (χ0n) is 16.9. The number of aromatic nitrogens is 1. The third-order valence-electron chi connectivity index (χ3n) is 5.87. The third kappa shape index (κ3) is 3.05. The highest BCUT2D eigenvalue weighted by molar-refractivity contribution is 5.90. The molecular formula is C24H22N2O4. The van der Waals surface area contributed by atoms with Crippen molar-refractivity contribution in [2.45, 2.75) is 18.9 Å². The number of pyridine rings is 1. The minimum absolute atomic E-state index is 0.0400. The molecule has 0 spiro atoms. The van der Waals surface area contributed by atoms with E-state index in [9.17, 15) is 9.59 Å². The Labute approximate surface area is 174 Å². The number of rotatable bonds is 3. The van der Waals surface area contributed by atoms with Crippen molar-refractivity contribution in [3.05, 3.63) is 87.8 Å². The Balaban J connectivity index is 1.34. The molecule has 0 N–H and O–H groups in total. The molecule has 30 heavy (non-hydrogen) atoms. The average Bonchev–Trinajstić information content (AvgIpc) is 2.72. The number of amides is 1. The van der Waals surface area contributed by atoms with Gasteiger partial charge >= 0.3 is 0 Å². The van der Waals surface area contributed by atoms with E-state index < -0.39 is 5.92 Å². The Morgan fingerprint density at radius 2 is 1.60 bits per heavy atom. The van der Waals surface area contributed by atoms with Crippen molar-refractivity contribution in [2.75, 3.05) is 13.1 Å². The van der Waals surface area contributed by atoms with Gasteiger partial charge in [-0.1, -0.05) is 36.4 Å². The first-order valence-corrected chi connectivity index (χ1v) is 10.00. The molecule has 0 unspecified atom stereocenters. The fourth-order valence-electron chi connectivity index (χ4n) is 4.05. The molecule has 6 heteroatoms. The van der Waals surface area contributed by atoms with Gasteiger partial charge in [-0.2, -0.15) is 0 Å². The number of carbonyl (C=O) groups is 1. The fraction of sp³-hybridized carbons (Fsp3) is 0.250. The lowest BCUT2D eigenvalue weighted by molar-refractivity contribution is -0.140. The Morgan fingerprint density at radius 1 is 1.00 bits per heavy atom. The summed E-state index contributed by atoms with van der Waals surface area (Å²) in [4.78, 5) is 27.2. The molecule has 0 atom stereocenters. The number of ether oxygens (including phenoxy) is 2. The van der Waals surface area contributed by atoms with Crippen LogP contribution in [0.3, 0.4) is 0 Å². The van der Waals surface area contributed by atoms with Crippen LogP contribution in [-0.4, -0.2) is 34.6 Å². The van der Waals surface area contributed by atoms with Crippen molar-refractivity contribution in [1.82, 2.24) is 9.47 Å². The zero-order chi connectivity index (χ0) is 20.8. The van der Waals surface area contributed by atoms with E-state index in [0.29, 0.717) is 18.8 Å². The number of hydrogen-bond donors (Lipinski definition) is 0. The molecule has 2 aliphatic heterocycles. The summed E-state index contributed by atoms with van der Waals surface area (Å²) in [6.45, 7) is 2.86. The lowest BCUT2D eigenvalue weighted by Crippen LogP contribution is -2.57. The largest absolute Gasteiger partial charge is 0.486 e. The molecule has 5 rings (SSSR count).